The van der Waals surface area contributed by atoms with E-state index >= 15 is 0 Å². The zero-order chi connectivity index (χ0) is 14.5. The Hall–Kier alpha value is -1.39. The molecule has 0 radical (unpaired) electrons. The predicted octanol–water partition coefficient (Wildman–Crippen LogP) is 1.62. The molecule has 0 aliphatic carbocycles. The Morgan fingerprint density at radius 1 is 1.15 bits per heavy atom. The number of carbonyl (C=O) groups is 2. The van der Waals surface area contributed by atoms with Crippen molar-refractivity contribution in [3.63, 3.8) is 0 Å². The van der Waals surface area contributed by atoms with E-state index in [-0.39, 0.29) is 11.7 Å². The number of piperazine rings is 1. The van der Waals surface area contributed by atoms with E-state index < -0.39 is 0 Å². The van der Waals surface area contributed by atoms with Gasteiger partial charge in [-0.2, -0.15) is 0 Å². The van der Waals surface area contributed by atoms with Crippen LogP contribution in [0.5, 0.6) is 0 Å². The zero-order valence-electron chi connectivity index (χ0n) is 11.6. The summed E-state index contributed by atoms with van der Waals surface area (Å²) in [6.45, 7) is 4.94. The van der Waals surface area contributed by atoms with Gasteiger partial charge in [-0.05, 0) is 18.6 Å². The largest absolute Gasteiger partial charge is 0.340 e. The van der Waals surface area contributed by atoms with Crippen LogP contribution >= 0.6 is 11.6 Å². The molecule has 0 aromatic heterocycles. The number of nitrogens with zero attached hydrogens (tertiary/aromatic N) is 2. The number of hydrogen-bond acceptors (Lipinski definition) is 3. The van der Waals surface area contributed by atoms with Gasteiger partial charge in [0.2, 0.25) is 5.91 Å². The molecule has 1 fully saturated rings. The number of amides is 1. The van der Waals surface area contributed by atoms with Crippen molar-refractivity contribution < 1.29 is 9.59 Å². The van der Waals surface area contributed by atoms with E-state index in [1.165, 1.54) is 0 Å². The topological polar surface area (TPSA) is 40.6 Å². The Morgan fingerprint density at radius 3 is 2.40 bits per heavy atom. The van der Waals surface area contributed by atoms with E-state index in [4.69, 9.17) is 11.6 Å². The highest BCUT2D eigenvalue weighted by Crippen LogP contribution is 2.16. The first-order valence-corrected chi connectivity index (χ1v) is 7.17. The standard InChI is InChI=1S/C15H19ClN2O2/c1-12(19)11-17-6-8-18(9-7-17)15(20)10-13-4-2-3-5-14(13)16/h2-5H,6-11H2,1H3. The molecule has 1 heterocycles. The number of benzene rings is 1. The summed E-state index contributed by atoms with van der Waals surface area (Å²) in [7, 11) is 0. The number of rotatable bonds is 4. The number of Topliss-reactive ketones (excluding diaryl/α,β-unsaturated/α-hetero) is 1. The first-order chi connectivity index (χ1) is 9.56. The van der Waals surface area contributed by atoms with Gasteiger partial charge in [-0.25, -0.2) is 0 Å². The number of hydrogen-bond donors (Lipinski definition) is 0. The highest BCUT2D eigenvalue weighted by molar-refractivity contribution is 6.31. The van der Waals surface area contributed by atoms with Gasteiger partial charge in [-0.3, -0.25) is 14.5 Å². The van der Waals surface area contributed by atoms with Gasteiger partial charge >= 0.3 is 0 Å². The van der Waals surface area contributed by atoms with E-state index in [9.17, 15) is 9.59 Å². The highest BCUT2D eigenvalue weighted by atomic mass is 35.5. The van der Waals surface area contributed by atoms with Crippen LogP contribution in [0.25, 0.3) is 0 Å². The maximum Gasteiger partial charge on any atom is 0.227 e. The van der Waals surface area contributed by atoms with Crippen molar-refractivity contribution in [1.82, 2.24) is 9.80 Å². The number of ketones is 1. The van der Waals surface area contributed by atoms with Crippen molar-refractivity contribution in [1.29, 1.82) is 0 Å². The fourth-order valence-corrected chi connectivity index (χ4v) is 2.59. The average Bonchev–Trinajstić information content (AvgIpc) is 2.41. The van der Waals surface area contributed by atoms with Crippen LogP contribution < -0.4 is 0 Å². The molecular formula is C15H19ClN2O2. The van der Waals surface area contributed by atoms with Gasteiger partial charge in [0.15, 0.2) is 0 Å². The number of carbonyl (C=O) groups excluding carboxylic acids is 2. The summed E-state index contributed by atoms with van der Waals surface area (Å²) in [5.41, 5.74) is 0.866. The third-order valence-electron chi connectivity index (χ3n) is 3.47. The molecule has 5 heteroatoms. The molecule has 108 valence electrons. The van der Waals surface area contributed by atoms with Crippen LogP contribution in [0.4, 0.5) is 0 Å². The summed E-state index contributed by atoms with van der Waals surface area (Å²) in [5.74, 6) is 0.265. The number of halogens is 1. The average molecular weight is 295 g/mol. The molecule has 0 spiro atoms. The molecule has 20 heavy (non-hydrogen) atoms. The summed E-state index contributed by atoms with van der Waals surface area (Å²) in [6.07, 6.45) is 0.340. The molecule has 0 atom stereocenters. The molecule has 1 saturated heterocycles. The molecule has 2 rings (SSSR count). The lowest BCUT2D eigenvalue weighted by atomic mass is 10.1. The summed E-state index contributed by atoms with van der Waals surface area (Å²) >= 11 is 6.07. The Labute approximate surface area is 124 Å². The highest BCUT2D eigenvalue weighted by Gasteiger charge is 2.22. The molecular weight excluding hydrogens is 276 g/mol. The maximum atomic E-state index is 12.2. The van der Waals surface area contributed by atoms with Crippen molar-refractivity contribution in [2.24, 2.45) is 0 Å². The van der Waals surface area contributed by atoms with Crippen molar-refractivity contribution in [3.8, 4) is 0 Å². The molecule has 0 unspecified atom stereocenters. The van der Waals surface area contributed by atoms with Crippen LogP contribution in [-0.4, -0.2) is 54.2 Å². The van der Waals surface area contributed by atoms with Gasteiger partial charge < -0.3 is 4.90 Å². The van der Waals surface area contributed by atoms with Crippen LogP contribution in [0.15, 0.2) is 24.3 Å². The second kappa shape index (κ2) is 6.86. The van der Waals surface area contributed by atoms with Crippen LogP contribution in [0.2, 0.25) is 5.02 Å². The molecule has 1 aromatic rings. The normalized spacial score (nSPS) is 16.2. The van der Waals surface area contributed by atoms with Crippen molar-refractivity contribution in [2.45, 2.75) is 13.3 Å². The van der Waals surface area contributed by atoms with Crippen LogP contribution in [0.3, 0.4) is 0 Å². The zero-order valence-corrected chi connectivity index (χ0v) is 12.4. The van der Waals surface area contributed by atoms with Crippen molar-refractivity contribution >= 4 is 23.3 Å². The van der Waals surface area contributed by atoms with Gasteiger partial charge in [-0.15, -0.1) is 0 Å². The fraction of sp³-hybridized carbons (Fsp3) is 0.467. The van der Waals surface area contributed by atoms with Gasteiger partial charge in [0.1, 0.15) is 5.78 Å². The fourth-order valence-electron chi connectivity index (χ4n) is 2.39. The second-order valence-electron chi connectivity index (χ2n) is 5.13. The molecule has 1 aliphatic heterocycles. The third-order valence-corrected chi connectivity index (χ3v) is 3.84. The summed E-state index contributed by atoms with van der Waals surface area (Å²) in [6, 6.07) is 7.43. The smallest absolute Gasteiger partial charge is 0.227 e. The molecule has 1 aromatic carbocycles. The molecule has 0 saturated carbocycles. The Kier molecular flexibility index (Phi) is 5.15. The lowest BCUT2D eigenvalue weighted by molar-refractivity contribution is -0.132. The Balaban J connectivity index is 1.86. The molecule has 1 amide bonds. The van der Waals surface area contributed by atoms with E-state index in [0.29, 0.717) is 31.1 Å². The van der Waals surface area contributed by atoms with E-state index in [1.54, 1.807) is 13.0 Å². The van der Waals surface area contributed by atoms with E-state index in [0.717, 1.165) is 18.7 Å². The second-order valence-corrected chi connectivity index (χ2v) is 5.53. The lowest BCUT2D eigenvalue weighted by Gasteiger charge is -2.34. The van der Waals surface area contributed by atoms with Crippen molar-refractivity contribution in [2.75, 3.05) is 32.7 Å². The minimum atomic E-state index is 0.0978. The third kappa shape index (κ3) is 4.05. The summed E-state index contributed by atoms with van der Waals surface area (Å²) < 4.78 is 0. The minimum absolute atomic E-state index is 0.0978. The van der Waals surface area contributed by atoms with Gasteiger partial charge in [0.05, 0.1) is 13.0 Å². The van der Waals surface area contributed by atoms with Crippen molar-refractivity contribution in [3.05, 3.63) is 34.9 Å². The summed E-state index contributed by atoms with van der Waals surface area (Å²) in [4.78, 5) is 27.2. The Morgan fingerprint density at radius 2 is 1.80 bits per heavy atom. The van der Waals surface area contributed by atoms with Crippen LogP contribution in [0.1, 0.15) is 12.5 Å². The van der Waals surface area contributed by atoms with Gasteiger partial charge in [0, 0.05) is 31.2 Å². The van der Waals surface area contributed by atoms with Crippen LogP contribution in [-0.2, 0) is 16.0 Å². The van der Waals surface area contributed by atoms with Gasteiger partial charge in [-0.1, -0.05) is 29.8 Å². The van der Waals surface area contributed by atoms with E-state index in [2.05, 4.69) is 4.90 Å². The summed E-state index contributed by atoms with van der Waals surface area (Å²) in [5, 5.41) is 0.635. The maximum absolute atomic E-state index is 12.2. The molecule has 0 bridgehead atoms. The first kappa shape index (κ1) is 15.0. The van der Waals surface area contributed by atoms with Gasteiger partial charge in [0.25, 0.3) is 0 Å². The minimum Gasteiger partial charge on any atom is -0.340 e. The monoisotopic (exact) mass is 294 g/mol. The molecule has 4 nitrogen and oxygen atoms in total. The van der Waals surface area contributed by atoms with E-state index in [1.807, 2.05) is 23.1 Å². The predicted molar refractivity (Wildman–Crippen MR) is 78.9 cm³/mol. The Bertz CT molecular complexity index is 496. The molecule has 0 N–H and O–H groups in total. The quantitative estimate of drug-likeness (QED) is 0.847. The lowest BCUT2D eigenvalue weighted by Crippen LogP contribution is -2.50. The first-order valence-electron chi connectivity index (χ1n) is 6.79. The van der Waals surface area contributed by atoms with Crippen LogP contribution in [0, 0.1) is 0 Å². The molecule has 1 aliphatic rings. The SMILES string of the molecule is CC(=O)CN1CCN(C(=O)Cc2ccccc2Cl)CC1.